The van der Waals surface area contributed by atoms with Crippen LogP contribution < -0.4 is 10.5 Å². The number of benzene rings is 1. The Kier molecular flexibility index (Phi) is 4.65. The first-order chi connectivity index (χ1) is 9.85. The summed E-state index contributed by atoms with van der Waals surface area (Å²) in [5, 5.41) is 4.35. The standard InChI is InChI=1S/C12H14Cl2N4O2S/c1-2-6-18-7-10(12(15)16-18)21(19,20)17-9-5-3-4-8(13)11(9)14/h3-5,7,17H,2,6H2,1H3,(H2,15,16). The van der Waals surface area contributed by atoms with Crippen LogP contribution in [-0.4, -0.2) is 18.2 Å². The molecule has 2 rings (SSSR count). The van der Waals surface area contributed by atoms with E-state index >= 15 is 0 Å². The summed E-state index contributed by atoms with van der Waals surface area (Å²) in [4.78, 5) is -0.0907. The van der Waals surface area contributed by atoms with Crippen LogP contribution in [0, 0.1) is 0 Å². The molecule has 0 spiro atoms. The zero-order chi connectivity index (χ0) is 15.6. The molecule has 0 amide bonds. The summed E-state index contributed by atoms with van der Waals surface area (Å²) in [7, 11) is -3.88. The molecule has 0 atom stereocenters. The fourth-order valence-electron chi connectivity index (χ4n) is 1.75. The number of hydrogen-bond acceptors (Lipinski definition) is 4. The van der Waals surface area contributed by atoms with Gasteiger partial charge in [0.05, 0.1) is 15.7 Å². The van der Waals surface area contributed by atoms with Gasteiger partial charge in [-0.15, -0.1) is 0 Å². The van der Waals surface area contributed by atoms with Crippen molar-refractivity contribution >= 4 is 44.7 Å². The van der Waals surface area contributed by atoms with E-state index in [9.17, 15) is 8.42 Å². The van der Waals surface area contributed by atoms with Gasteiger partial charge in [-0.3, -0.25) is 9.40 Å². The highest BCUT2D eigenvalue weighted by atomic mass is 35.5. The van der Waals surface area contributed by atoms with Crippen LogP contribution in [0.15, 0.2) is 29.3 Å². The Morgan fingerprint density at radius 3 is 2.76 bits per heavy atom. The molecule has 0 fully saturated rings. The summed E-state index contributed by atoms with van der Waals surface area (Å²) >= 11 is 11.8. The lowest BCUT2D eigenvalue weighted by Gasteiger charge is -2.09. The van der Waals surface area contributed by atoms with Crippen LogP contribution >= 0.6 is 23.2 Å². The van der Waals surface area contributed by atoms with E-state index in [1.807, 2.05) is 6.92 Å². The van der Waals surface area contributed by atoms with E-state index in [2.05, 4.69) is 9.82 Å². The van der Waals surface area contributed by atoms with Crippen LogP contribution in [0.2, 0.25) is 10.0 Å². The van der Waals surface area contributed by atoms with E-state index in [1.54, 1.807) is 12.1 Å². The highest BCUT2D eigenvalue weighted by Gasteiger charge is 2.22. The molecule has 0 aliphatic carbocycles. The van der Waals surface area contributed by atoms with Crippen molar-refractivity contribution in [3.8, 4) is 0 Å². The van der Waals surface area contributed by atoms with Gasteiger partial charge in [0.25, 0.3) is 10.0 Å². The first-order valence-corrected chi connectivity index (χ1v) is 8.39. The first kappa shape index (κ1) is 15.9. The molecular formula is C12H14Cl2N4O2S. The smallest absolute Gasteiger partial charge is 0.267 e. The minimum Gasteiger partial charge on any atom is -0.381 e. The molecule has 2 aromatic rings. The minimum atomic E-state index is -3.88. The molecule has 0 aliphatic rings. The zero-order valence-electron chi connectivity index (χ0n) is 11.2. The molecule has 0 unspecified atom stereocenters. The largest absolute Gasteiger partial charge is 0.381 e. The van der Waals surface area contributed by atoms with Crippen molar-refractivity contribution in [2.24, 2.45) is 0 Å². The molecule has 1 aromatic carbocycles. The Bertz CT molecular complexity index is 759. The second-order valence-corrected chi connectivity index (χ2v) is 6.78. The molecule has 6 nitrogen and oxygen atoms in total. The maximum Gasteiger partial charge on any atom is 0.267 e. The van der Waals surface area contributed by atoms with Crippen molar-refractivity contribution in [3.05, 3.63) is 34.4 Å². The summed E-state index contributed by atoms with van der Waals surface area (Å²) in [5.41, 5.74) is 5.86. The maximum absolute atomic E-state index is 12.4. The van der Waals surface area contributed by atoms with Gasteiger partial charge in [0.2, 0.25) is 0 Å². The normalized spacial score (nSPS) is 11.6. The third kappa shape index (κ3) is 3.42. The summed E-state index contributed by atoms with van der Waals surface area (Å²) in [6, 6.07) is 4.67. The van der Waals surface area contributed by atoms with E-state index in [4.69, 9.17) is 28.9 Å². The average Bonchev–Trinajstić information content (AvgIpc) is 2.77. The Morgan fingerprint density at radius 2 is 2.10 bits per heavy atom. The van der Waals surface area contributed by atoms with Crippen LogP contribution in [0.3, 0.4) is 0 Å². The third-order valence-electron chi connectivity index (χ3n) is 2.69. The second-order valence-electron chi connectivity index (χ2n) is 4.35. The summed E-state index contributed by atoms with van der Waals surface area (Å²) in [6.07, 6.45) is 2.20. The number of halogens is 2. The van der Waals surface area contributed by atoms with Crippen LogP contribution in [0.5, 0.6) is 0 Å². The molecule has 114 valence electrons. The zero-order valence-corrected chi connectivity index (χ0v) is 13.5. The highest BCUT2D eigenvalue weighted by Crippen LogP contribution is 2.31. The van der Waals surface area contributed by atoms with Gasteiger partial charge in [0.15, 0.2) is 5.82 Å². The monoisotopic (exact) mass is 348 g/mol. The summed E-state index contributed by atoms with van der Waals surface area (Å²) in [6.45, 7) is 2.54. The lowest BCUT2D eigenvalue weighted by atomic mass is 10.3. The number of hydrogen-bond donors (Lipinski definition) is 2. The number of rotatable bonds is 5. The Hall–Kier alpha value is -1.44. The van der Waals surface area contributed by atoms with Gasteiger partial charge >= 0.3 is 0 Å². The van der Waals surface area contributed by atoms with Crippen molar-refractivity contribution in [1.29, 1.82) is 0 Å². The minimum absolute atomic E-state index is 0.0610. The number of sulfonamides is 1. The predicted molar refractivity (Wildman–Crippen MR) is 84.2 cm³/mol. The second kappa shape index (κ2) is 6.13. The van der Waals surface area contributed by atoms with E-state index in [0.717, 1.165) is 6.42 Å². The molecule has 1 aromatic heterocycles. The van der Waals surface area contributed by atoms with E-state index in [1.165, 1.54) is 16.9 Å². The molecule has 0 aliphatic heterocycles. The lowest BCUT2D eigenvalue weighted by molar-refractivity contribution is 0.595. The highest BCUT2D eigenvalue weighted by molar-refractivity contribution is 7.92. The quantitative estimate of drug-likeness (QED) is 0.868. The molecule has 3 N–H and O–H groups in total. The van der Waals surface area contributed by atoms with Crippen molar-refractivity contribution in [2.75, 3.05) is 10.5 Å². The molecule has 0 bridgehead atoms. The molecule has 21 heavy (non-hydrogen) atoms. The number of nitrogens with zero attached hydrogens (tertiary/aromatic N) is 2. The number of aryl methyl sites for hydroxylation is 1. The van der Waals surface area contributed by atoms with Gasteiger partial charge in [-0.1, -0.05) is 36.2 Å². The van der Waals surface area contributed by atoms with Crippen LogP contribution in [0.1, 0.15) is 13.3 Å². The lowest BCUT2D eigenvalue weighted by Crippen LogP contribution is -2.14. The van der Waals surface area contributed by atoms with Gasteiger partial charge in [0.1, 0.15) is 4.90 Å². The third-order valence-corrected chi connectivity index (χ3v) is 4.89. The Morgan fingerprint density at radius 1 is 1.38 bits per heavy atom. The Labute approximate surface area is 132 Å². The summed E-state index contributed by atoms with van der Waals surface area (Å²) in [5.74, 6) is -0.0610. The topological polar surface area (TPSA) is 90.0 Å². The molecular weight excluding hydrogens is 335 g/mol. The molecule has 9 heteroatoms. The van der Waals surface area contributed by atoms with Crippen LogP contribution in [-0.2, 0) is 16.6 Å². The first-order valence-electron chi connectivity index (χ1n) is 6.15. The van der Waals surface area contributed by atoms with Gasteiger partial charge < -0.3 is 5.73 Å². The van der Waals surface area contributed by atoms with Crippen molar-refractivity contribution < 1.29 is 8.42 Å². The average molecular weight is 349 g/mol. The molecule has 0 radical (unpaired) electrons. The number of nitrogens with one attached hydrogen (secondary N) is 1. The van der Waals surface area contributed by atoms with Crippen LogP contribution in [0.25, 0.3) is 0 Å². The van der Waals surface area contributed by atoms with E-state index in [-0.39, 0.29) is 26.4 Å². The number of aromatic nitrogens is 2. The SMILES string of the molecule is CCCn1cc(S(=O)(=O)Nc2cccc(Cl)c2Cl)c(N)n1. The van der Waals surface area contributed by atoms with Crippen LogP contribution in [0.4, 0.5) is 11.5 Å². The number of anilines is 2. The van der Waals surface area contributed by atoms with Crippen molar-refractivity contribution in [1.82, 2.24) is 9.78 Å². The molecule has 1 heterocycles. The van der Waals surface area contributed by atoms with Gasteiger partial charge in [-0.05, 0) is 18.6 Å². The van der Waals surface area contributed by atoms with Crippen molar-refractivity contribution in [2.45, 2.75) is 24.8 Å². The van der Waals surface area contributed by atoms with Gasteiger partial charge in [-0.2, -0.15) is 5.10 Å². The number of nitrogens with two attached hydrogens (primary N) is 1. The van der Waals surface area contributed by atoms with Gasteiger partial charge in [-0.25, -0.2) is 8.42 Å². The fraction of sp³-hybridized carbons (Fsp3) is 0.250. The Balaban J connectivity index is 2.36. The van der Waals surface area contributed by atoms with E-state index < -0.39 is 10.0 Å². The molecule has 0 saturated heterocycles. The number of nitrogen functional groups attached to an aromatic ring is 1. The fourth-order valence-corrected chi connectivity index (χ4v) is 3.30. The van der Waals surface area contributed by atoms with Crippen molar-refractivity contribution in [3.63, 3.8) is 0 Å². The summed E-state index contributed by atoms with van der Waals surface area (Å²) < 4.78 is 28.6. The molecule has 0 saturated carbocycles. The van der Waals surface area contributed by atoms with E-state index in [0.29, 0.717) is 6.54 Å². The van der Waals surface area contributed by atoms with Gasteiger partial charge in [0, 0.05) is 12.7 Å². The predicted octanol–water partition coefficient (Wildman–Crippen LogP) is 2.98. The maximum atomic E-state index is 12.4.